The van der Waals surface area contributed by atoms with Gasteiger partial charge in [-0.05, 0) is 38.5 Å². The maximum atomic E-state index is 12.1. The molecule has 3 N–H and O–H groups in total. The summed E-state index contributed by atoms with van der Waals surface area (Å²) >= 11 is 3.40. The lowest BCUT2D eigenvalue weighted by molar-refractivity contribution is -0.122. The first-order chi connectivity index (χ1) is 9.88. The molecule has 0 radical (unpaired) electrons. The average molecular weight is 351 g/mol. The fourth-order valence-electron chi connectivity index (χ4n) is 2.12. The van der Waals surface area contributed by atoms with Crippen molar-refractivity contribution >= 4 is 27.5 Å². The molecule has 0 aliphatic carbocycles. The van der Waals surface area contributed by atoms with Crippen molar-refractivity contribution in [1.29, 1.82) is 0 Å². The van der Waals surface area contributed by atoms with E-state index in [0.29, 0.717) is 5.69 Å². The van der Waals surface area contributed by atoms with Gasteiger partial charge >= 0.3 is 0 Å². The van der Waals surface area contributed by atoms with E-state index < -0.39 is 0 Å². The number of hydrogen-bond acceptors (Lipinski definition) is 3. The van der Waals surface area contributed by atoms with E-state index in [2.05, 4.69) is 26.3 Å². The second-order valence-electron chi connectivity index (χ2n) is 5.08. The third-order valence-corrected chi connectivity index (χ3v) is 4.01. The number of nitrogen functional groups attached to an aromatic ring is 1. The highest BCUT2D eigenvalue weighted by Crippen LogP contribution is 2.17. The number of amides is 1. The maximum Gasteiger partial charge on any atom is 0.242 e. The molecule has 0 fully saturated rings. The minimum absolute atomic E-state index is 0.0556. The van der Waals surface area contributed by atoms with Gasteiger partial charge < -0.3 is 11.1 Å². The zero-order valence-corrected chi connectivity index (χ0v) is 13.9. The largest absolute Gasteiger partial charge is 0.396 e. The number of carbonyl (C=O) groups excluding carboxylic acids is 1. The van der Waals surface area contributed by atoms with Crippen LogP contribution in [0, 0.1) is 13.8 Å². The van der Waals surface area contributed by atoms with E-state index in [9.17, 15) is 4.79 Å². The van der Waals surface area contributed by atoms with E-state index in [-0.39, 0.29) is 18.5 Å². The first kappa shape index (κ1) is 15.6. The van der Waals surface area contributed by atoms with Crippen LogP contribution in [-0.2, 0) is 11.3 Å². The highest BCUT2D eigenvalue weighted by atomic mass is 79.9. The van der Waals surface area contributed by atoms with Gasteiger partial charge in [-0.25, -0.2) is 0 Å². The fourth-order valence-corrected chi connectivity index (χ4v) is 2.39. The van der Waals surface area contributed by atoms with Crippen LogP contribution in [0.5, 0.6) is 0 Å². The Morgan fingerprint density at radius 3 is 2.52 bits per heavy atom. The molecule has 21 heavy (non-hydrogen) atoms. The van der Waals surface area contributed by atoms with Crippen molar-refractivity contribution in [2.75, 3.05) is 5.73 Å². The number of halogens is 1. The fraction of sp³-hybridized carbons (Fsp3) is 0.333. The first-order valence-electron chi connectivity index (χ1n) is 6.72. The number of nitrogens with one attached hydrogen (secondary N) is 1. The van der Waals surface area contributed by atoms with E-state index in [0.717, 1.165) is 21.4 Å². The standard InChI is InChI=1S/C15H19BrN4O/c1-9(12-4-6-13(16)7-5-12)18-14(21)8-20-11(3)15(17)10(2)19-20/h4-7,9H,8,17H2,1-3H3,(H,18,21)/t9-/m1/s1. The van der Waals surface area contributed by atoms with Crippen LogP contribution in [-0.4, -0.2) is 15.7 Å². The average Bonchev–Trinajstić information content (AvgIpc) is 2.67. The summed E-state index contributed by atoms with van der Waals surface area (Å²) in [5.41, 5.74) is 9.13. The van der Waals surface area contributed by atoms with Crippen molar-refractivity contribution in [1.82, 2.24) is 15.1 Å². The number of benzene rings is 1. The molecule has 2 aromatic rings. The summed E-state index contributed by atoms with van der Waals surface area (Å²) in [7, 11) is 0. The molecule has 2 rings (SSSR count). The molecule has 1 aromatic carbocycles. The summed E-state index contributed by atoms with van der Waals surface area (Å²) in [5.74, 6) is -0.0870. The van der Waals surface area contributed by atoms with Crippen molar-refractivity contribution < 1.29 is 4.79 Å². The zero-order chi connectivity index (χ0) is 15.6. The van der Waals surface area contributed by atoms with E-state index in [1.807, 2.05) is 45.0 Å². The number of carbonyl (C=O) groups is 1. The third-order valence-electron chi connectivity index (χ3n) is 3.48. The van der Waals surface area contributed by atoms with Gasteiger partial charge in [-0.15, -0.1) is 0 Å². The van der Waals surface area contributed by atoms with Gasteiger partial charge in [0.15, 0.2) is 0 Å². The normalized spacial score (nSPS) is 12.2. The van der Waals surface area contributed by atoms with Gasteiger partial charge in [0, 0.05) is 4.47 Å². The van der Waals surface area contributed by atoms with Crippen LogP contribution in [0.15, 0.2) is 28.7 Å². The summed E-state index contributed by atoms with van der Waals surface area (Å²) in [6.45, 7) is 5.82. The topological polar surface area (TPSA) is 72.9 Å². The van der Waals surface area contributed by atoms with Crippen LogP contribution in [0.3, 0.4) is 0 Å². The maximum absolute atomic E-state index is 12.1. The lowest BCUT2D eigenvalue weighted by atomic mass is 10.1. The van der Waals surface area contributed by atoms with Crippen LogP contribution >= 0.6 is 15.9 Å². The molecule has 0 saturated heterocycles. The molecule has 6 heteroatoms. The molecule has 0 aliphatic rings. The lowest BCUT2D eigenvalue weighted by Gasteiger charge is -2.15. The molecule has 1 amide bonds. The second kappa shape index (κ2) is 6.30. The Balaban J connectivity index is 2.01. The minimum Gasteiger partial charge on any atom is -0.396 e. The Kier molecular flexibility index (Phi) is 4.67. The number of aromatic nitrogens is 2. The summed E-state index contributed by atoms with van der Waals surface area (Å²) in [5, 5.41) is 7.23. The molecule has 112 valence electrons. The van der Waals surface area contributed by atoms with Crippen molar-refractivity contribution in [3.05, 3.63) is 45.7 Å². The van der Waals surface area contributed by atoms with Crippen LogP contribution in [0.2, 0.25) is 0 Å². The monoisotopic (exact) mass is 350 g/mol. The predicted molar refractivity (Wildman–Crippen MR) is 86.8 cm³/mol. The Hall–Kier alpha value is -1.82. The summed E-state index contributed by atoms with van der Waals surface area (Å²) < 4.78 is 2.65. The Bertz CT molecular complexity index is 648. The molecule has 0 unspecified atom stereocenters. The van der Waals surface area contributed by atoms with Crippen LogP contribution in [0.25, 0.3) is 0 Å². The van der Waals surface area contributed by atoms with E-state index in [1.54, 1.807) is 4.68 Å². The SMILES string of the molecule is Cc1nn(CC(=O)N[C@H](C)c2ccc(Br)cc2)c(C)c1N. The Labute approximate surface area is 132 Å². The number of rotatable bonds is 4. The Morgan fingerprint density at radius 1 is 1.38 bits per heavy atom. The van der Waals surface area contributed by atoms with Crippen molar-refractivity contribution in [2.45, 2.75) is 33.4 Å². The number of hydrogen-bond donors (Lipinski definition) is 2. The van der Waals surface area contributed by atoms with Crippen molar-refractivity contribution in [3.63, 3.8) is 0 Å². The predicted octanol–water partition coefficient (Wildman–Crippen LogP) is 2.72. The molecule has 1 aromatic heterocycles. The van der Waals surface area contributed by atoms with Gasteiger partial charge in [-0.3, -0.25) is 9.48 Å². The van der Waals surface area contributed by atoms with Gasteiger partial charge in [0.25, 0.3) is 0 Å². The molecule has 0 aliphatic heterocycles. The molecular weight excluding hydrogens is 332 g/mol. The number of nitrogens with two attached hydrogens (primary N) is 1. The molecule has 0 bridgehead atoms. The van der Waals surface area contributed by atoms with Crippen LogP contribution < -0.4 is 11.1 Å². The van der Waals surface area contributed by atoms with E-state index in [4.69, 9.17) is 5.73 Å². The second-order valence-corrected chi connectivity index (χ2v) is 6.00. The quantitative estimate of drug-likeness (QED) is 0.890. The number of nitrogens with zero attached hydrogens (tertiary/aromatic N) is 2. The molecule has 1 atom stereocenters. The van der Waals surface area contributed by atoms with Crippen molar-refractivity contribution in [3.8, 4) is 0 Å². The van der Waals surface area contributed by atoms with Gasteiger partial charge in [-0.2, -0.15) is 5.10 Å². The highest BCUT2D eigenvalue weighted by Gasteiger charge is 2.14. The van der Waals surface area contributed by atoms with Gasteiger partial charge in [0.1, 0.15) is 6.54 Å². The Morgan fingerprint density at radius 2 is 2.00 bits per heavy atom. The van der Waals surface area contributed by atoms with Gasteiger partial charge in [-0.1, -0.05) is 28.1 Å². The van der Waals surface area contributed by atoms with Gasteiger partial charge in [0.2, 0.25) is 5.91 Å². The summed E-state index contributed by atoms with van der Waals surface area (Å²) in [6, 6.07) is 7.83. The molecule has 0 saturated carbocycles. The van der Waals surface area contributed by atoms with Crippen LogP contribution in [0.1, 0.15) is 29.9 Å². The molecular formula is C15H19BrN4O. The smallest absolute Gasteiger partial charge is 0.242 e. The lowest BCUT2D eigenvalue weighted by Crippen LogP contribution is -2.30. The summed E-state index contributed by atoms with van der Waals surface area (Å²) in [6.07, 6.45) is 0. The summed E-state index contributed by atoms with van der Waals surface area (Å²) in [4.78, 5) is 12.1. The number of aryl methyl sites for hydroxylation is 1. The zero-order valence-electron chi connectivity index (χ0n) is 12.4. The van der Waals surface area contributed by atoms with E-state index in [1.165, 1.54) is 0 Å². The highest BCUT2D eigenvalue weighted by molar-refractivity contribution is 9.10. The molecule has 0 spiro atoms. The van der Waals surface area contributed by atoms with Crippen LogP contribution in [0.4, 0.5) is 5.69 Å². The molecule has 1 heterocycles. The minimum atomic E-state index is -0.0870. The first-order valence-corrected chi connectivity index (χ1v) is 7.52. The molecule has 5 nitrogen and oxygen atoms in total. The van der Waals surface area contributed by atoms with Crippen molar-refractivity contribution in [2.24, 2.45) is 0 Å². The third kappa shape index (κ3) is 3.64. The number of anilines is 1. The van der Waals surface area contributed by atoms with Gasteiger partial charge in [0.05, 0.1) is 23.1 Å². The van der Waals surface area contributed by atoms with E-state index >= 15 is 0 Å².